The first-order chi connectivity index (χ1) is 5.20. The molecule has 1 aromatic heterocycles. The van der Waals surface area contributed by atoms with Gasteiger partial charge in [0.2, 0.25) is 5.13 Å². The fraction of sp³-hybridized carbons (Fsp3) is 0.800. The predicted molar refractivity (Wildman–Crippen MR) is 44.6 cm³/mol. The quantitative estimate of drug-likeness (QED) is 0.680. The fourth-order valence-electron chi connectivity index (χ4n) is 0.786. The maximum absolute atomic E-state index is 5.59. The molecule has 0 amide bonds. The Morgan fingerprint density at radius 1 is 1.73 bits per heavy atom. The molecule has 0 aliphatic carbocycles. The van der Waals surface area contributed by atoms with Crippen molar-refractivity contribution in [3.8, 4) is 0 Å². The summed E-state index contributed by atoms with van der Waals surface area (Å²) in [5.74, 6) is 0. The monoisotopic (exact) mass is 173 g/mol. The van der Waals surface area contributed by atoms with Crippen molar-refractivity contribution in [3.05, 3.63) is 0 Å². The molecule has 0 spiro atoms. The topological polar surface area (TPSA) is 67.9 Å². The van der Waals surface area contributed by atoms with E-state index in [1.54, 1.807) is 0 Å². The molecule has 1 rings (SSSR count). The highest BCUT2D eigenvalue weighted by Crippen LogP contribution is 2.10. The minimum absolute atomic E-state index is 0.142. The molecule has 62 valence electrons. The summed E-state index contributed by atoms with van der Waals surface area (Å²) >= 11 is 1.27. The number of likely N-dealkylation sites (N-methyl/N-ethyl adjacent to an activating group) is 1. The summed E-state index contributed by atoms with van der Waals surface area (Å²) in [5.41, 5.74) is 5.59. The first-order valence-corrected chi connectivity index (χ1v) is 4.09. The number of nitrogens with two attached hydrogens (primary N) is 1. The summed E-state index contributed by atoms with van der Waals surface area (Å²) in [5, 5.41) is 8.09. The molecule has 0 fully saturated rings. The van der Waals surface area contributed by atoms with Crippen LogP contribution in [0.1, 0.15) is 6.92 Å². The van der Waals surface area contributed by atoms with E-state index in [2.05, 4.69) is 14.8 Å². The maximum Gasteiger partial charge on any atom is 0.227 e. The van der Waals surface area contributed by atoms with Gasteiger partial charge in [0, 0.05) is 31.2 Å². The molecule has 1 atom stereocenters. The molecule has 0 aliphatic rings. The van der Waals surface area contributed by atoms with Gasteiger partial charge in [-0.2, -0.15) is 0 Å². The molecule has 1 heterocycles. The molecule has 0 bridgehead atoms. The van der Waals surface area contributed by atoms with E-state index in [-0.39, 0.29) is 6.04 Å². The van der Waals surface area contributed by atoms with Gasteiger partial charge in [0.15, 0.2) is 0 Å². The number of hydrogen-bond donors (Lipinski definition) is 1. The first-order valence-electron chi connectivity index (χ1n) is 3.32. The Bertz CT molecular complexity index is 197. The Hall–Kier alpha value is -0.750. The van der Waals surface area contributed by atoms with Crippen LogP contribution in [0, 0.1) is 0 Å². The Balaban J connectivity index is 2.49. The molecule has 1 aromatic rings. The zero-order valence-electron chi connectivity index (χ0n) is 6.56. The Morgan fingerprint density at radius 3 is 2.91 bits per heavy atom. The van der Waals surface area contributed by atoms with Crippen molar-refractivity contribution in [2.45, 2.75) is 13.0 Å². The third kappa shape index (κ3) is 2.39. The van der Waals surface area contributed by atoms with Crippen LogP contribution in [0.15, 0.2) is 0 Å². The number of hydrogen-bond acceptors (Lipinski definition) is 6. The third-order valence-electron chi connectivity index (χ3n) is 1.18. The van der Waals surface area contributed by atoms with Crippen molar-refractivity contribution in [2.75, 3.05) is 18.5 Å². The Labute approximate surface area is 69.4 Å². The van der Waals surface area contributed by atoms with E-state index in [0.717, 1.165) is 11.7 Å². The smallest absolute Gasteiger partial charge is 0.227 e. The third-order valence-corrected chi connectivity index (χ3v) is 1.89. The second-order valence-electron chi connectivity index (χ2n) is 2.50. The molecule has 0 radical (unpaired) electrons. The minimum atomic E-state index is 0.142. The minimum Gasteiger partial charge on any atom is -0.347 e. The van der Waals surface area contributed by atoms with Crippen molar-refractivity contribution in [2.24, 2.45) is 5.73 Å². The number of aromatic nitrogens is 3. The molecule has 0 saturated heterocycles. The molecule has 0 aromatic carbocycles. The highest BCUT2D eigenvalue weighted by molar-refractivity contribution is 7.09. The van der Waals surface area contributed by atoms with Crippen molar-refractivity contribution in [1.29, 1.82) is 0 Å². The van der Waals surface area contributed by atoms with E-state index in [9.17, 15) is 0 Å². The second kappa shape index (κ2) is 3.59. The standard InChI is InChI=1S/C5H11N5S/c1-4(6)3-10(2)5-7-8-9-11-5/h4H,3,6H2,1-2H3. The highest BCUT2D eigenvalue weighted by atomic mass is 32.1. The lowest BCUT2D eigenvalue weighted by molar-refractivity contribution is 0.712. The van der Waals surface area contributed by atoms with E-state index in [1.807, 2.05) is 18.9 Å². The lowest BCUT2D eigenvalue weighted by Crippen LogP contribution is -2.32. The molecule has 11 heavy (non-hydrogen) atoms. The lowest BCUT2D eigenvalue weighted by Gasteiger charge is -2.16. The van der Waals surface area contributed by atoms with Crippen LogP contribution in [0.3, 0.4) is 0 Å². The van der Waals surface area contributed by atoms with Gasteiger partial charge < -0.3 is 10.6 Å². The summed E-state index contributed by atoms with van der Waals surface area (Å²) in [6.07, 6.45) is 0. The molecular weight excluding hydrogens is 162 g/mol. The molecule has 5 nitrogen and oxygen atoms in total. The van der Waals surface area contributed by atoms with Gasteiger partial charge in [-0.3, -0.25) is 0 Å². The number of nitrogens with zero attached hydrogens (tertiary/aromatic N) is 4. The summed E-state index contributed by atoms with van der Waals surface area (Å²) < 4.78 is 3.65. The Kier molecular flexibility index (Phi) is 2.72. The van der Waals surface area contributed by atoms with E-state index in [4.69, 9.17) is 5.73 Å². The Morgan fingerprint density at radius 2 is 2.45 bits per heavy atom. The van der Waals surface area contributed by atoms with Crippen LogP contribution in [0.4, 0.5) is 5.13 Å². The SMILES string of the molecule is CC(N)CN(C)c1nnns1. The largest absolute Gasteiger partial charge is 0.347 e. The molecule has 0 aliphatic heterocycles. The van der Waals surface area contributed by atoms with Crippen molar-refractivity contribution in [3.63, 3.8) is 0 Å². The second-order valence-corrected chi connectivity index (χ2v) is 3.21. The van der Waals surface area contributed by atoms with E-state index < -0.39 is 0 Å². The van der Waals surface area contributed by atoms with Gasteiger partial charge in [-0.25, -0.2) is 0 Å². The summed E-state index contributed by atoms with van der Waals surface area (Å²) in [4.78, 5) is 1.94. The van der Waals surface area contributed by atoms with E-state index in [0.29, 0.717) is 0 Å². The van der Waals surface area contributed by atoms with Gasteiger partial charge in [-0.1, -0.05) is 9.59 Å². The molecule has 6 heteroatoms. The van der Waals surface area contributed by atoms with Crippen molar-refractivity contribution < 1.29 is 0 Å². The zero-order chi connectivity index (χ0) is 8.27. The van der Waals surface area contributed by atoms with Crippen LogP contribution < -0.4 is 10.6 Å². The van der Waals surface area contributed by atoms with Crippen LogP contribution in [-0.2, 0) is 0 Å². The number of rotatable bonds is 3. The molecule has 2 N–H and O–H groups in total. The van der Waals surface area contributed by atoms with Crippen molar-refractivity contribution in [1.82, 2.24) is 14.8 Å². The number of anilines is 1. The van der Waals surface area contributed by atoms with Gasteiger partial charge >= 0.3 is 0 Å². The average Bonchev–Trinajstić information content (AvgIpc) is 2.35. The van der Waals surface area contributed by atoms with E-state index in [1.165, 1.54) is 11.5 Å². The maximum atomic E-state index is 5.59. The van der Waals surface area contributed by atoms with Crippen LogP contribution >= 0.6 is 11.5 Å². The van der Waals surface area contributed by atoms with E-state index >= 15 is 0 Å². The first kappa shape index (κ1) is 8.35. The van der Waals surface area contributed by atoms with Gasteiger partial charge in [-0.15, -0.1) is 0 Å². The fourth-order valence-corrected chi connectivity index (χ4v) is 1.22. The van der Waals surface area contributed by atoms with Crippen LogP contribution in [0.25, 0.3) is 0 Å². The van der Waals surface area contributed by atoms with Gasteiger partial charge in [0.05, 0.1) is 0 Å². The normalized spacial score (nSPS) is 13.0. The van der Waals surface area contributed by atoms with Gasteiger partial charge in [0.25, 0.3) is 0 Å². The molecule has 1 unspecified atom stereocenters. The zero-order valence-corrected chi connectivity index (χ0v) is 7.38. The van der Waals surface area contributed by atoms with Crippen LogP contribution in [0.5, 0.6) is 0 Å². The molecular formula is C5H11N5S. The lowest BCUT2D eigenvalue weighted by atomic mass is 10.3. The summed E-state index contributed by atoms with van der Waals surface area (Å²) in [6.45, 7) is 2.72. The van der Waals surface area contributed by atoms with Crippen LogP contribution in [-0.4, -0.2) is 34.4 Å². The van der Waals surface area contributed by atoms with Gasteiger partial charge in [0.1, 0.15) is 0 Å². The average molecular weight is 173 g/mol. The predicted octanol–water partition coefficient (Wildman–Crippen LogP) is -0.284. The molecule has 0 saturated carbocycles. The highest BCUT2D eigenvalue weighted by Gasteiger charge is 2.06. The van der Waals surface area contributed by atoms with Crippen molar-refractivity contribution >= 4 is 16.7 Å². The summed E-state index contributed by atoms with van der Waals surface area (Å²) in [6, 6.07) is 0.142. The summed E-state index contributed by atoms with van der Waals surface area (Å²) in [7, 11) is 1.92. The van der Waals surface area contributed by atoms with Crippen LogP contribution in [0.2, 0.25) is 0 Å². The van der Waals surface area contributed by atoms with Gasteiger partial charge in [-0.05, 0) is 12.1 Å².